The van der Waals surface area contributed by atoms with Gasteiger partial charge in [0.2, 0.25) is 5.91 Å². The van der Waals surface area contributed by atoms with Gasteiger partial charge < -0.3 is 15.4 Å². The van der Waals surface area contributed by atoms with Crippen LogP contribution in [0.5, 0.6) is 0 Å². The van der Waals surface area contributed by atoms with Crippen LogP contribution in [-0.4, -0.2) is 43.2 Å². The zero-order chi connectivity index (χ0) is 11.5. The van der Waals surface area contributed by atoms with E-state index >= 15 is 0 Å². The molecular weight excluding hydrogens is 204 g/mol. The second-order valence-corrected chi connectivity index (χ2v) is 5.04. The van der Waals surface area contributed by atoms with Crippen LogP contribution in [0.25, 0.3) is 0 Å². The molecule has 2 saturated heterocycles. The number of hydrogen-bond acceptors (Lipinski definition) is 3. The van der Waals surface area contributed by atoms with Gasteiger partial charge in [0.15, 0.2) is 0 Å². The third kappa shape index (κ3) is 2.38. The van der Waals surface area contributed by atoms with Crippen LogP contribution in [0, 0.1) is 11.8 Å². The molecule has 0 aromatic rings. The molecule has 92 valence electrons. The molecule has 0 radical (unpaired) electrons. The van der Waals surface area contributed by atoms with Crippen molar-refractivity contribution in [3.05, 3.63) is 0 Å². The Labute approximate surface area is 97.1 Å². The molecule has 4 nitrogen and oxygen atoms in total. The number of hydrogen-bond donors (Lipinski definition) is 1. The maximum absolute atomic E-state index is 11.9. The second kappa shape index (κ2) is 5.15. The first-order chi connectivity index (χ1) is 7.72. The van der Waals surface area contributed by atoms with Crippen molar-refractivity contribution in [1.29, 1.82) is 0 Å². The molecule has 16 heavy (non-hydrogen) atoms. The zero-order valence-electron chi connectivity index (χ0n) is 10.0. The fourth-order valence-corrected chi connectivity index (χ4v) is 2.81. The molecule has 2 aliphatic heterocycles. The molecule has 4 heteroatoms. The predicted molar refractivity (Wildman–Crippen MR) is 61.9 cm³/mol. The topological polar surface area (TPSA) is 55.6 Å². The van der Waals surface area contributed by atoms with Gasteiger partial charge in [-0.15, -0.1) is 0 Å². The largest absolute Gasteiger partial charge is 0.381 e. The fraction of sp³-hybridized carbons (Fsp3) is 0.917. The summed E-state index contributed by atoms with van der Waals surface area (Å²) < 4.78 is 5.36. The lowest BCUT2D eigenvalue weighted by Gasteiger charge is -2.34. The first-order valence-electron chi connectivity index (χ1n) is 6.29. The van der Waals surface area contributed by atoms with Crippen LogP contribution in [0.4, 0.5) is 0 Å². The van der Waals surface area contributed by atoms with E-state index in [4.69, 9.17) is 10.5 Å². The molecule has 0 spiro atoms. The van der Waals surface area contributed by atoms with E-state index in [9.17, 15) is 4.79 Å². The normalized spacial score (nSPS) is 29.8. The molecule has 0 aromatic carbocycles. The summed E-state index contributed by atoms with van der Waals surface area (Å²) in [4.78, 5) is 13.9. The summed E-state index contributed by atoms with van der Waals surface area (Å²) in [5.74, 6) is 1.26. The summed E-state index contributed by atoms with van der Waals surface area (Å²) in [5, 5.41) is 0. The van der Waals surface area contributed by atoms with Crippen LogP contribution in [0.15, 0.2) is 0 Å². The molecule has 0 aromatic heterocycles. The van der Waals surface area contributed by atoms with E-state index in [1.807, 2.05) is 4.90 Å². The van der Waals surface area contributed by atoms with Gasteiger partial charge in [-0.25, -0.2) is 0 Å². The SMILES string of the molecule is CC(C1CCOCC1)N1CC(CN)CC1=O. The number of ether oxygens (including phenoxy) is 1. The van der Waals surface area contributed by atoms with Gasteiger partial charge in [0, 0.05) is 32.2 Å². The molecule has 2 unspecified atom stereocenters. The van der Waals surface area contributed by atoms with E-state index in [0.717, 1.165) is 32.6 Å². The van der Waals surface area contributed by atoms with Gasteiger partial charge in [0.05, 0.1) is 0 Å². The van der Waals surface area contributed by atoms with Gasteiger partial charge in [-0.05, 0) is 38.1 Å². The highest BCUT2D eigenvalue weighted by atomic mass is 16.5. The number of amides is 1. The van der Waals surface area contributed by atoms with E-state index < -0.39 is 0 Å². The van der Waals surface area contributed by atoms with Crippen molar-refractivity contribution in [1.82, 2.24) is 4.90 Å². The highest BCUT2D eigenvalue weighted by Gasteiger charge is 2.35. The fourth-order valence-electron chi connectivity index (χ4n) is 2.81. The summed E-state index contributed by atoms with van der Waals surface area (Å²) in [6.45, 7) is 5.35. The minimum Gasteiger partial charge on any atom is -0.381 e. The third-order valence-corrected chi connectivity index (χ3v) is 4.01. The van der Waals surface area contributed by atoms with Crippen LogP contribution in [0.3, 0.4) is 0 Å². The molecule has 2 atom stereocenters. The van der Waals surface area contributed by atoms with Crippen molar-refractivity contribution < 1.29 is 9.53 Å². The summed E-state index contributed by atoms with van der Waals surface area (Å²) >= 11 is 0. The number of carbonyl (C=O) groups is 1. The van der Waals surface area contributed by atoms with E-state index in [1.165, 1.54) is 0 Å². The lowest BCUT2D eigenvalue weighted by atomic mass is 9.92. The smallest absolute Gasteiger partial charge is 0.223 e. The third-order valence-electron chi connectivity index (χ3n) is 4.01. The minimum atomic E-state index is 0.287. The Morgan fingerprint density at radius 3 is 2.75 bits per heavy atom. The summed E-state index contributed by atoms with van der Waals surface area (Å²) in [6, 6.07) is 0.355. The Morgan fingerprint density at radius 1 is 1.50 bits per heavy atom. The predicted octanol–water partition coefficient (Wildman–Crippen LogP) is 0.609. The van der Waals surface area contributed by atoms with Crippen LogP contribution in [-0.2, 0) is 9.53 Å². The van der Waals surface area contributed by atoms with Crippen molar-refractivity contribution in [2.75, 3.05) is 26.3 Å². The Morgan fingerprint density at radius 2 is 2.19 bits per heavy atom. The number of carbonyl (C=O) groups excluding carboxylic acids is 1. The molecule has 0 saturated carbocycles. The summed E-state index contributed by atoms with van der Waals surface area (Å²) in [7, 11) is 0. The lowest BCUT2D eigenvalue weighted by Crippen LogP contribution is -2.41. The maximum atomic E-state index is 11.9. The average Bonchev–Trinajstić information content (AvgIpc) is 2.71. The van der Waals surface area contributed by atoms with Crippen LogP contribution >= 0.6 is 0 Å². The second-order valence-electron chi connectivity index (χ2n) is 5.04. The van der Waals surface area contributed by atoms with E-state index in [1.54, 1.807) is 0 Å². The first kappa shape index (κ1) is 11.9. The first-order valence-corrected chi connectivity index (χ1v) is 6.29. The van der Waals surface area contributed by atoms with Crippen LogP contribution in [0.2, 0.25) is 0 Å². The molecule has 1 amide bonds. The van der Waals surface area contributed by atoms with E-state index in [2.05, 4.69) is 6.92 Å². The monoisotopic (exact) mass is 226 g/mol. The highest BCUT2D eigenvalue weighted by molar-refractivity contribution is 5.79. The van der Waals surface area contributed by atoms with Crippen LogP contribution in [0.1, 0.15) is 26.2 Å². The van der Waals surface area contributed by atoms with Crippen molar-refractivity contribution in [2.45, 2.75) is 32.2 Å². The quantitative estimate of drug-likeness (QED) is 0.767. The Balaban J connectivity index is 1.93. The van der Waals surface area contributed by atoms with Gasteiger partial charge in [-0.1, -0.05) is 0 Å². The Bertz CT molecular complexity index is 251. The van der Waals surface area contributed by atoms with E-state index in [0.29, 0.717) is 30.8 Å². The zero-order valence-corrected chi connectivity index (χ0v) is 10.0. The minimum absolute atomic E-state index is 0.287. The average molecular weight is 226 g/mol. The number of nitrogens with zero attached hydrogens (tertiary/aromatic N) is 1. The van der Waals surface area contributed by atoms with Gasteiger partial charge in [0.25, 0.3) is 0 Å². The molecule has 2 heterocycles. The number of nitrogens with two attached hydrogens (primary N) is 1. The standard InChI is InChI=1S/C12H22N2O2/c1-9(11-2-4-16-5-3-11)14-8-10(7-13)6-12(14)15/h9-11H,2-8,13H2,1H3. The van der Waals surface area contributed by atoms with Crippen molar-refractivity contribution in [3.8, 4) is 0 Å². The Kier molecular flexibility index (Phi) is 3.82. The van der Waals surface area contributed by atoms with E-state index in [-0.39, 0.29) is 5.91 Å². The van der Waals surface area contributed by atoms with Crippen LogP contribution < -0.4 is 5.73 Å². The van der Waals surface area contributed by atoms with Crippen molar-refractivity contribution in [3.63, 3.8) is 0 Å². The van der Waals surface area contributed by atoms with Crippen molar-refractivity contribution in [2.24, 2.45) is 17.6 Å². The highest BCUT2D eigenvalue weighted by Crippen LogP contribution is 2.27. The molecule has 2 aliphatic rings. The number of rotatable bonds is 3. The van der Waals surface area contributed by atoms with Gasteiger partial charge in [0.1, 0.15) is 0 Å². The molecule has 2 fully saturated rings. The molecule has 2 N–H and O–H groups in total. The van der Waals surface area contributed by atoms with Gasteiger partial charge >= 0.3 is 0 Å². The molecule has 2 rings (SSSR count). The summed E-state index contributed by atoms with van der Waals surface area (Å²) in [5.41, 5.74) is 5.64. The Hall–Kier alpha value is -0.610. The number of likely N-dealkylation sites (tertiary alicyclic amines) is 1. The molecular formula is C12H22N2O2. The maximum Gasteiger partial charge on any atom is 0.223 e. The van der Waals surface area contributed by atoms with Crippen molar-refractivity contribution >= 4 is 5.91 Å². The molecule has 0 aliphatic carbocycles. The van der Waals surface area contributed by atoms with Gasteiger partial charge in [-0.2, -0.15) is 0 Å². The van der Waals surface area contributed by atoms with Gasteiger partial charge in [-0.3, -0.25) is 4.79 Å². The summed E-state index contributed by atoms with van der Waals surface area (Å²) in [6.07, 6.45) is 2.81. The lowest BCUT2D eigenvalue weighted by molar-refractivity contribution is -0.131. The molecule has 0 bridgehead atoms.